The lowest BCUT2D eigenvalue weighted by Gasteiger charge is -2.37. The normalized spacial score (nSPS) is 16.0. The Morgan fingerprint density at radius 1 is 1.06 bits per heavy atom. The maximum absolute atomic E-state index is 6.45. The van der Waals surface area contributed by atoms with Gasteiger partial charge in [-0.05, 0) is 57.6 Å². The molecule has 0 bridgehead atoms. The molecule has 0 unspecified atom stereocenters. The van der Waals surface area contributed by atoms with Crippen molar-refractivity contribution in [3.05, 3.63) is 42.5 Å². The third-order valence-corrected chi connectivity index (χ3v) is 7.39. The molecule has 6 nitrogen and oxygen atoms in total. The molecule has 2 aromatic carbocycles. The predicted octanol–water partition coefficient (Wildman–Crippen LogP) is 4.55. The van der Waals surface area contributed by atoms with Crippen LogP contribution in [0.3, 0.4) is 0 Å². The van der Waals surface area contributed by atoms with E-state index in [1.54, 1.807) is 0 Å². The number of nitrogens with zero attached hydrogens (tertiary/aromatic N) is 3. The van der Waals surface area contributed by atoms with E-state index >= 15 is 0 Å². The summed E-state index contributed by atoms with van der Waals surface area (Å²) in [5.41, 5.74) is 5.13. The van der Waals surface area contributed by atoms with Gasteiger partial charge in [-0.15, -0.1) is 0 Å². The van der Waals surface area contributed by atoms with E-state index in [9.17, 15) is 0 Å². The summed E-state index contributed by atoms with van der Waals surface area (Å²) in [4.78, 5) is 2.18. The fourth-order valence-corrected chi connectivity index (χ4v) is 5.34. The van der Waals surface area contributed by atoms with Crippen molar-refractivity contribution in [2.45, 2.75) is 19.3 Å². The van der Waals surface area contributed by atoms with Crippen molar-refractivity contribution in [2.24, 2.45) is 7.05 Å². The molecule has 2 aromatic heterocycles. The number of benzene rings is 2. The van der Waals surface area contributed by atoms with Gasteiger partial charge in [0.1, 0.15) is 31.5 Å². The fourth-order valence-electron chi connectivity index (χ4n) is 5.34. The lowest BCUT2D eigenvalue weighted by atomic mass is 10.1. The highest BCUT2D eigenvalue weighted by molar-refractivity contribution is 6.11. The van der Waals surface area contributed by atoms with Crippen molar-refractivity contribution < 1.29 is 18.2 Å². The first-order valence-corrected chi connectivity index (χ1v) is 12.6. The molecule has 0 radical (unpaired) electrons. The van der Waals surface area contributed by atoms with E-state index < -0.39 is 0 Å². The molecule has 1 N–H and O–H groups in total. The van der Waals surface area contributed by atoms with Gasteiger partial charge in [0.05, 0.1) is 36.6 Å². The Balaban J connectivity index is 1.50. The number of likely N-dealkylation sites (tertiary alicyclic amines) is 1. The monoisotopic (exact) mass is 462 g/mol. The van der Waals surface area contributed by atoms with Gasteiger partial charge in [-0.2, -0.15) is 4.57 Å². The summed E-state index contributed by atoms with van der Waals surface area (Å²) in [6.07, 6.45) is 4.04. The number of hydrogen-bond donors (Lipinski definition) is 1. The third kappa shape index (κ3) is 4.44. The molecule has 1 aliphatic heterocycles. The van der Waals surface area contributed by atoms with Crippen LogP contribution in [-0.2, 0) is 7.05 Å². The molecule has 0 atom stereocenters. The summed E-state index contributed by atoms with van der Waals surface area (Å²) in [6, 6.07) is 14.8. The zero-order chi connectivity index (χ0) is 23.7. The number of aryl methyl sites for hydroxylation is 1. The number of anilines is 1. The molecule has 0 aliphatic carbocycles. The van der Waals surface area contributed by atoms with Gasteiger partial charge in [-0.3, -0.25) is 0 Å². The third-order valence-electron chi connectivity index (χ3n) is 7.39. The van der Waals surface area contributed by atoms with E-state index in [0.717, 1.165) is 64.2 Å². The first-order chi connectivity index (χ1) is 16.5. The number of likely N-dealkylation sites (N-methyl/N-ethyl adjacent to an activating group) is 2. The van der Waals surface area contributed by atoms with Crippen LogP contribution in [0.5, 0.6) is 5.75 Å². The van der Waals surface area contributed by atoms with E-state index in [1.165, 1.54) is 43.3 Å². The Morgan fingerprint density at radius 3 is 2.65 bits per heavy atom. The maximum atomic E-state index is 6.45. The van der Waals surface area contributed by atoms with Gasteiger partial charge in [0, 0.05) is 19.2 Å². The smallest absolute Gasteiger partial charge is 0.261 e. The van der Waals surface area contributed by atoms with Crippen LogP contribution in [0.2, 0.25) is 0 Å². The molecule has 180 valence electrons. The molecular formula is C28H38N4O2+2. The minimum atomic E-state index is 0.740. The molecule has 0 spiro atoms. The number of hydrogen-bond acceptors (Lipinski definition) is 4. The average molecular weight is 463 g/mol. The Morgan fingerprint density at radius 2 is 1.85 bits per heavy atom. The molecule has 6 heteroatoms. The molecule has 34 heavy (non-hydrogen) atoms. The van der Waals surface area contributed by atoms with E-state index in [1.807, 2.05) is 6.07 Å². The van der Waals surface area contributed by atoms with E-state index in [4.69, 9.17) is 9.15 Å². The molecule has 0 amide bonds. The van der Waals surface area contributed by atoms with Gasteiger partial charge in [0.25, 0.3) is 5.52 Å². The summed E-state index contributed by atoms with van der Waals surface area (Å²) < 4.78 is 16.1. The van der Waals surface area contributed by atoms with Gasteiger partial charge in [0.2, 0.25) is 11.1 Å². The van der Waals surface area contributed by atoms with Gasteiger partial charge in [-0.25, -0.2) is 0 Å². The second kappa shape index (κ2) is 9.43. The number of rotatable bonds is 8. The highest BCUT2D eigenvalue weighted by Gasteiger charge is 2.26. The topological polar surface area (TPSA) is 41.5 Å². The minimum Gasteiger partial charge on any atom is -0.488 e. The fraction of sp³-hybridized carbons (Fsp3) is 0.464. The highest BCUT2D eigenvalue weighted by atomic mass is 16.5. The lowest BCUT2D eigenvalue weighted by molar-refractivity contribution is -0.914. The quantitative estimate of drug-likeness (QED) is 0.308. The lowest BCUT2D eigenvalue weighted by Crippen LogP contribution is -2.50. The van der Waals surface area contributed by atoms with Gasteiger partial charge in [-0.1, -0.05) is 12.1 Å². The van der Waals surface area contributed by atoms with Crippen molar-refractivity contribution in [3.8, 4) is 5.75 Å². The van der Waals surface area contributed by atoms with Crippen molar-refractivity contribution in [1.29, 1.82) is 0 Å². The molecule has 1 saturated heterocycles. The number of ether oxygens (including phenoxy) is 1. The van der Waals surface area contributed by atoms with Crippen molar-refractivity contribution in [3.63, 3.8) is 0 Å². The van der Waals surface area contributed by atoms with Crippen LogP contribution in [0.25, 0.3) is 33.0 Å². The second-order valence-electron chi connectivity index (χ2n) is 10.3. The maximum Gasteiger partial charge on any atom is 0.261 e. The first-order valence-electron chi connectivity index (χ1n) is 12.6. The number of piperidine rings is 1. The number of para-hydroxylation sites is 1. The highest BCUT2D eigenvalue weighted by Crippen LogP contribution is 2.37. The summed E-state index contributed by atoms with van der Waals surface area (Å²) in [5.74, 6) is 0.911. The van der Waals surface area contributed by atoms with Crippen LogP contribution >= 0.6 is 0 Å². The number of nitrogens with one attached hydrogen (secondary N) is 1. The van der Waals surface area contributed by atoms with Crippen LogP contribution in [0.15, 0.2) is 46.9 Å². The standard InChI is InChI=1S/C28H37N4O2/c1-30(2)15-14-29-26-22-10-6-7-11-24(22)31(3)27-23-20-21(12-13-25(23)34-28(26)27)33-19-18-32(4)16-8-5-9-17-32/h6-7,10-13,20H,5,8-9,14-19H2,1-4H3/q+1/p+1. The Labute approximate surface area is 202 Å². The van der Waals surface area contributed by atoms with E-state index in [-0.39, 0.29) is 0 Å². The van der Waals surface area contributed by atoms with Gasteiger partial charge in [0.15, 0.2) is 0 Å². The molecule has 5 rings (SSSR count). The second-order valence-corrected chi connectivity index (χ2v) is 10.3. The van der Waals surface area contributed by atoms with Crippen LogP contribution < -0.4 is 14.6 Å². The Bertz CT molecular complexity index is 1300. The van der Waals surface area contributed by atoms with Crippen LogP contribution in [0, 0.1) is 0 Å². The SMILES string of the molecule is CN(C)CCNc1c2ccccc2[n+](C)c2c1oc1ccc(OCC[N+]3(C)CCCCC3)cc12. The van der Waals surface area contributed by atoms with Crippen molar-refractivity contribution in [2.75, 3.05) is 65.8 Å². The molecule has 3 heterocycles. The van der Waals surface area contributed by atoms with E-state index in [2.05, 4.69) is 79.4 Å². The molecule has 0 saturated carbocycles. The summed E-state index contributed by atoms with van der Waals surface area (Å²) >= 11 is 0. The largest absolute Gasteiger partial charge is 0.488 e. The zero-order valence-electron chi connectivity index (χ0n) is 21.1. The molecule has 1 fully saturated rings. The number of pyridine rings is 1. The Kier molecular flexibility index (Phi) is 6.36. The average Bonchev–Trinajstić information content (AvgIpc) is 3.20. The van der Waals surface area contributed by atoms with Gasteiger partial charge < -0.3 is 23.9 Å². The molecular weight excluding hydrogens is 424 g/mol. The Hall–Kier alpha value is -2.83. The van der Waals surface area contributed by atoms with Crippen LogP contribution in [-0.4, -0.2) is 69.9 Å². The number of fused-ring (bicyclic) bond motifs is 4. The zero-order valence-corrected chi connectivity index (χ0v) is 21.1. The first kappa shape index (κ1) is 22.9. The van der Waals surface area contributed by atoms with Crippen LogP contribution in [0.1, 0.15) is 19.3 Å². The summed E-state index contributed by atoms with van der Waals surface area (Å²) in [6.45, 7) is 6.13. The van der Waals surface area contributed by atoms with Crippen LogP contribution in [0.4, 0.5) is 5.69 Å². The molecule has 4 aromatic rings. The van der Waals surface area contributed by atoms with Crippen molar-refractivity contribution >= 4 is 38.7 Å². The van der Waals surface area contributed by atoms with Gasteiger partial charge >= 0.3 is 0 Å². The summed E-state index contributed by atoms with van der Waals surface area (Å²) in [7, 11) is 8.68. The minimum absolute atomic E-state index is 0.740. The number of aromatic nitrogens is 1. The van der Waals surface area contributed by atoms with E-state index in [0.29, 0.717) is 0 Å². The predicted molar refractivity (Wildman–Crippen MR) is 140 cm³/mol. The summed E-state index contributed by atoms with van der Waals surface area (Å²) in [5, 5.41) is 5.92. The number of quaternary nitrogens is 1. The van der Waals surface area contributed by atoms with Crippen molar-refractivity contribution in [1.82, 2.24) is 4.90 Å². The number of furan rings is 1. The molecule has 1 aliphatic rings.